The summed E-state index contributed by atoms with van der Waals surface area (Å²) in [5.41, 5.74) is 5.29. The number of benzene rings is 1. The summed E-state index contributed by atoms with van der Waals surface area (Å²) in [5.74, 6) is 0. The zero-order valence-electron chi connectivity index (χ0n) is 17.7. The molecule has 27 heavy (non-hydrogen) atoms. The molecule has 158 valence electrons. The first-order chi connectivity index (χ1) is 12.9. The van der Waals surface area contributed by atoms with E-state index in [1.807, 2.05) is 6.92 Å². The minimum atomic E-state index is -3.57. The van der Waals surface area contributed by atoms with Gasteiger partial charge in [-0.15, -0.1) is 0 Å². The third kappa shape index (κ3) is 15.8. The van der Waals surface area contributed by atoms with Crippen LogP contribution < -0.4 is 5.73 Å². The third-order valence-electron chi connectivity index (χ3n) is 4.41. The van der Waals surface area contributed by atoms with Crippen LogP contribution in [0.5, 0.6) is 0 Å². The Bertz CT molecular complexity index is 530. The zero-order chi connectivity index (χ0) is 20.4. The normalized spacial score (nSPS) is 12.3. The quantitative estimate of drug-likeness (QED) is 0.305. The Morgan fingerprint density at radius 2 is 1.30 bits per heavy atom. The molecule has 0 saturated heterocycles. The zero-order valence-corrected chi connectivity index (χ0v) is 18.5. The minimum Gasteiger partial charge on any atom is -0.328 e. The lowest BCUT2D eigenvalue weighted by Gasteiger charge is -2.05. The van der Waals surface area contributed by atoms with Crippen molar-refractivity contribution in [2.45, 2.75) is 102 Å². The molecule has 0 radical (unpaired) electrons. The van der Waals surface area contributed by atoms with Crippen LogP contribution in [-0.2, 0) is 14.3 Å². The molecular weight excluding hydrogens is 358 g/mol. The largest absolute Gasteiger partial charge is 0.328 e. The summed E-state index contributed by atoms with van der Waals surface area (Å²) >= 11 is 0. The molecule has 0 fully saturated rings. The van der Waals surface area contributed by atoms with E-state index in [0.29, 0.717) is 6.04 Å². The Labute approximate surface area is 168 Å². The fraction of sp³-hybridized carbons (Fsp3) is 0.727. The van der Waals surface area contributed by atoms with Gasteiger partial charge in [0.2, 0.25) is 0 Å². The van der Waals surface area contributed by atoms with Crippen molar-refractivity contribution in [3.05, 3.63) is 30.3 Å². The van der Waals surface area contributed by atoms with E-state index in [4.69, 9.17) is 9.92 Å². The molecule has 4 nitrogen and oxygen atoms in total. The van der Waals surface area contributed by atoms with Gasteiger partial charge >= 0.3 is 0 Å². The minimum absolute atomic E-state index is 0.238. The first-order valence-corrected chi connectivity index (χ1v) is 12.0. The lowest BCUT2D eigenvalue weighted by Crippen LogP contribution is -2.11. The molecule has 1 rings (SSSR count). The summed E-state index contributed by atoms with van der Waals surface area (Å²) in [4.78, 5) is 0.238. The molecular formula is C22H41NO3S. The van der Waals surface area contributed by atoms with Crippen molar-refractivity contribution in [3.8, 4) is 0 Å². The molecule has 0 amide bonds. The van der Waals surface area contributed by atoms with Crippen molar-refractivity contribution in [2.75, 3.05) is 6.61 Å². The van der Waals surface area contributed by atoms with Crippen LogP contribution in [0.4, 0.5) is 0 Å². The molecule has 1 unspecified atom stereocenters. The van der Waals surface area contributed by atoms with E-state index in [2.05, 4.69) is 13.8 Å². The van der Waals surface area contributed by atoms with Gasteiger partial charge in [-0.25, -0.2) is 0 Å². The second kappa shape index (κ2) is 17.2. The van der Waals surface area contributed by atoms with Crippen molar-refractivity contribution >= 4 is 10.1 Å². The molecule has 1 aromatic carbocycles. The molecule has 0 aliphatic heterocycles. The highest BCUT2D eigenvalue weighted by Crippen LogP contribution is 2.13. The van der Waals surface area contributed by atoms with Gasteiger partial charge in [0.1, 0.15) is 0 Å². The summed E-state index contributed by atoms with van der Waals surface area (Å²) in [7, 11) is -3.57. The molecule has 1 atom stereocenters. The van der Waals surface area contributed by atoms with E-state index in [1.165, 1.54) is 51.4 Å². The molecule has 0 aromatic heterocycles. The predicted molar refractivity (Wildman–Crippen MR) is 115 cm³/mol. The van der Waals surface area contributed by atoms with E-state index in [0.717, 1.165) is 19.3 Å². The fourth-order valence-corrected chi connectivity index (χ4v) is 3.38. The number of rotatable bonds is 14. The van der Waals surface area contributed by atoms with Crippen LogP contribution in [0.15, 0.2) is 35.2 Å². The summed E-state index contributed by atoms with van der Waals surface area (Å²) in [6.45, 7) is 6.60. The monoisotopic (exact) mass is 399 g/mol. The maximum Gasteiger partial charge on any atom is 0.296 e. The van der Waals surface area contributed by atoms with E-state index in [9.17, 15) is 8.42 Å². The highest BCUT2D eigenvalue weighted by Gasteiger charge is 2.13. The van der Waals surface area contributed by atoms with Crippen LogP contribution >= 0.6 is 0 Å². The molecule has 0 saturated carbocycles. The SMILES string of the molecule is CCC(C)N.CCCCCCCCCCCCOS(=O)(=O)c1ccccc1. The molecule has 0 spiro atoms. The van der Waals surface area contributed by atoms with Gasteiger partial charge in [-0.05, 0) is 31.9 Å². The number of hydrogen-bond acceptors (Lipinski definition) is 4. The van der Waals surface area contributed by atoms with Gasteiger partial charge in [-0.1, -0.05) is 89.8 Å². The van der Waals surface area contributed by atoms with Crippen molar-refractivity contribution in [3.63, 3.8) is 0 Å². The number of nitrogens with two attached hydrogens (primary N) is 1. The van der Waals surface area contributed by atoms with Gasteiger partial charge in [0, 0.05) is 6.04 Å². The smallest absolute Gasteiger partial charge is 0.296 e. The Morgan fingerprint density at radius 3 is 1.74 bits per heavy atom. The summed E-state index contributed by atoms with van der Waals surface area (Å²) in [5, 5.41) is 0. The Hall–Kier alpha value is -0.910. The second-order valence-corrected chi connectivity index (χ2v) is 8.77. The molecule has 0 aliphatic rings. The summed E-state index contributed by atoms with van der Waals surface area (Å²) in [6.07, 6.45) is 13.3. The van der Waals surface area contributed by atoms with Crippen LogP contribution in [0.2, 0.25) is 0 Å². The van der Waals surface area contributed by atoms with Crippen LogP contribution in [0.3, 0.4) is 0 Å². The van der Waals surface area contributed by atoms with Gasteiger partial charge < -0.3 is 5.73 Å². The van der Waals surface area contributed by atoms with Crippen molar-refractivity contribution in [2.24, 2.45) is 5.73 Å². The third-order valence-corrected chi connectivity index (χ3v) is 5.74. The highest BCUT2D eigenvalue weighted by molar-refractivity contribution is 7.86. The van der Waals surface area contributed by atoms with E-state index >= 15 is 0 Å². The van der Waals surface area contributed by atoms with Gasteiger partial charge in [-0.2, -0.15) is 8.42 Å². The molecule has 2 N–H and O–H groups in total. The molecule has 0 bridgehead atoms. The maximum atomic E-state index is 11.9. The van der Waals surface area contributed by atoms with Gasteiger partial charge in [0.15, 0.2) is 0 Å². The first-order valence-electron chi connectivity index (χ1n) is 10.6. The highest BCUT2D eigenvalue weighted by atomic mass is 32.2. The Balaban J connectivity index is 0.00000119. The standard InChI is InChI=1S/C18H30O3S.C4H11N/c1-2-3-4-5-6-7-8-9-10-14-17-21-22(19,20)18-15-12-11-13-16-18;1-3-4(2)5/h11-13,15-16H,2-10,14,17H2,1H3;4H,3,5H2,1-2H3. The van der Waals surface area contributed by atoms with Crippen LogP contribution in [-0.4, -0.2) is 21.1 Å². The summed E-state index contributed by atoms with van der Waals surface area (Å²) in [6, 6.07) is 8.71. The average Bonchev–Trinajstić information content (AvgIpc) is 2.67. The van der Waals surface area contributed by atoms with Crippen LogP contribution in [0.25, 0.3) is 0 Å². The average molecular weight is 400 g/mol. The van der Waals surface area contributed by atoms with Gasteiger partial charge in [-0.3, -0.25) is 4.18 Å². The lowest BCUT2D eigenvalue weighted by atomic mass is 10.1. The van der Waals surface area contributed by atoms with Crippen molar-refractivity contribution < 1.29 is 12.6 Å². The lowest BCUT2D eigenvalue weighted by molar-refractivity contribution is 0.306. The number of hydrogen-bond donors (Lipinski definition) is 1. The van der Waals surface area contributed by atoms with E-state index < -0.39 is 10.1 Å². The second-order valence-electron chi connectivity index (χ2n) is 7.16. The number of unbranched alkanes of at least 4 members (excludes halogenated alkanes) is 9. The van der Waals surface area contributed by atoms with Crippen molar-refractivity contribution in [1.82, 2.24) is 0 Å². The van der Waals surface area contributed by atoms with Crippen LogP contribution in [0.1, 0.15) is 91.4 Å². The van der Waals surface area contributed by atoms with Gasteiger partial charge in [0.25, 0.3) is 10.1 Å². The van der Waals surface area contributed by atoms with Crippen LogP contribution in [0, 0.1) is 0 Å². The van der Waals surface area contributed by atoms with Crippen molar-refractivity contribution in [1.29, 1.82) is 0 Å². The fourth-order valence-electron chi connectivity index (χ4n) is 2.41. The molecule has 5 heteroatoms. The molecule has 0 aliphatic carbocycles. The van der Waals surface area contributed by atoms with E-state index in [1.54, 1.807) is 30.3 Å². The molecule has 1 aromatic rings. The predicted octanol–water partition coefficient (Wildman–Crippen LogP) is 6.06. The topological polar surface area (TPSA) is 69.4 Å². The van der Waals surface area contributed by atoms with E-state index in [-0.39, 0.29) is 11.5 Å². The Morgan fingerprint density at radius 1 is 0.852 bits per heavy atom. The Kier molecular flexibility index (Phi) is 16.6. The molecule has 0 heterocycles. The maximum absolute atomic E-state index is 11.9. The van der Waals surface area contributed by atoms with Gasteiger partial charge in [0.05, 0.1) is 11.5 Å². The first kappa shape index (κ1) is 26.1. The summed E-state index contributed by atoms with van der Waals surface area (Å²) < 4.78 is 28.8.